The van der Waals surface area contributed by atoms with Crippen LogP contribution in [0.5, 0.6) is 0 Å². The van der Waals surface area contributed by atoms with E-state index in [1.54, 1.807) is 17.6 Å². The minimum atomic E-state index is -0.0142. The van der Waals surface area contributed by atoms with Gasteiger partial charge in [-0.1, -0.05) is 19.4 Å². The van der Waals surface area contributed by atoms with Crippen LogP contribution in [0.2, 0.25) is 0 Å². The van der Waals surface area contributed by atoms with Crippen LogP contribution in [0.3, 0.4) is 0 Å². The van der Waals surface area contributed by atoms with Crippen molar-refractivity contribution in [3.8, 4) is 0 Å². The van der Waals surface area contributed by atoms with Gasteiger partial charge in [-0.2, -0.15) is 5.10 Å². The zero-order chi connectivity index (χ0) is 10.2. The fourth-order valence-corrected chi connectivity index (χ4v) is 1.51. The fraction of sp³-hybridized carbons (Fsp3) is 0.400. The van der Waals surface area contributed by atoms with Crippen LogP contribution in [0.1, 0.15) is 31.1 Å². The van der Waals surface area contributed by atoms with Crippen LogP contribution in [-0.2, 0) is 4.79 Å². The van der Waals surface area contributed by atoms with Crippen molar-refractivity contribution in [3.05, 3.63) is 22.4 Å². The molecular formula is C10H14N2OS. The maximum absolute atomic E-state index is 11.1. The molecule has 3 nitrogen and oxygen atoms in total. The van der Waals surface area contributed by atoms with Gasteiger partial charge in [0.2, 0.25) is 5.91 Å². The maximum atomic E-state index is 11.1. The van der Waals surface area contributed by atoms with Crippen molar-refractivity contribution in [1.82, 2.24) is 5.43 Å². The summed E-state index contributed by atoms with van der Waals surface area (Å²) in [5.74, 6) is -0.0142. The number of carbonyl (C=O) groups is 1. The monoisotopic (exact) mass is 210 g/mol. The van der Waals surface area contributed by atoms with Gasteiger partial charge in [-0.3, -0.25) is 4.79 Å². The summed E-state index contributed by atoms with van der Waals surface area (Å²) in [6, 6.07) is 3.90. The highest BCUT2D eigenvalue weighted by Gasteiger charge is 1.96. The van der Waals surface area contributed by atoms with E-state index in [0.717, 1.165) is 17.7 Å². The Morgan fingerprint density at radius 2 is 2.57 bits per heavy atom. The van der Waals surface area contributed by atoms with Gasteiger partial charge in [-0.05, 0) is 17.9 Å². The van der Waals surface area contributed by atoms with Crippen molar-refractivity contribution in [3.63, 3.8) is 0 Å². The normalized spacial score (nSPS) is 10.6. The van der Waals surface area contributed by atoms with Crippen molar-refractivity contribution < 1.29 is 4.79 Å². The first-order chi connectivity index (χ1) is 6.83. The average Bonchev–Trinajstić information content (AvgIpc) is 2.67. The molecule has 0 aliphatic rings. The van der Waals surface area contributed by atoms with Crippen LogP contribution >= 0.6 is 11.3 Å². The molecule has 1 rings (SSSR count). The molecule has 1 heterocycles. The second kappa shape index (κ2) is 6.32. The van der Waals surface area contributed by atoms with Gasteiger partial charge in [-0.15, -0.1) is 11.3 Å². The van der Waals surface area contributed by atoms with Gasteiger partial charge in [0.05, 0.1) is 6.21 Å². The van der Waals surface area contributed by atoms with E-state index in [9.17, 15) is 4.79 Å². The quantitative estimate of drug-likeness (QED) is 0.588. The predicted molar refractivity (Wildman–Crippen MR) is 59.6 cm³/mol. The van der Waals surface area contributed by atoms with Crippen molar-refractivity contribution in [1.29, 1.82) is 0 Å². The standard InChI is InChI=1S/C10H14N2OS/c1-2-3-6-10(13)12-11-8-9-5-4-7-14-9/h4-5,7-8H,2-3,6H2,1H3,(H,12,13). The van der Waals surface area contributed by atoms with Gasteiger partial charge in [0.1, 0.15) is 0 Å². The molecule has 76 valence electrons. The smallest absolute Gasteiger partial charge is 0.240 e. The summed E-state index contributed by atoms with van der Waals surface area (Å²) in [5.41, 5.74) is 2.49. The molecular weight excluding hydrogens is 196 g/mol. The fourth-order valence-electron chi connectivity index (χ4n) is 0.926. The Balaban J connectivity index is 2.23. The number of rotatable bonds is 5. The van der Waals surface area contributed by atoms with Crippen LogP contribution in [0.15, 0.2) is 22.6 Å². The SMILES string of the molecule is CCCCC(=O)NN=Cc1cccs1. The van der Waals surface area contributed by atoms with E-state index in [-0.39, 0.29) is 5.91 Å². The molecule has 14 heavy (non-hydrogen) atoms. The van der Waals surface area contributed by atoms with Gasteiger partial charge >= 0.3 is 0 Å². The Morgan fingerprint density at radius 1 is 1.71 bits per heavy atom. The Hall–Kier alpha value is -1.16. The summed E-state index contributed by atoms with van der Waals surface area (Å²) >= 11 is 1.59. The zero-order valence-corrected chi connectivity index (χ0v) is 9.01. The number of unbranched alkanes of at least 4 members (excludes halogenated alkanes) is 1. The Bertz CT molecular complexity index is 293. The molecule has 4 heteroatoms. The molecule has 0 aliphatic carbocycles. The van der Waals surface area contributed by atoms with Crippen LogP contribution in [0.4, 0.5) is 0 Å². The van der Waals surface area contributed by atoms with Crippen molar-refractivity contribution >= 4 is 23.5 Å². The summed E-state index contributed by atoms with van der Waals surface area (Å²) in [5, 5.41) is 5.83. The zero-order valence-electron chi connectivity index (χ0n) is 8.19. The van der Waals surface area contributed by atoms with E-state index < -0.39 is 0 Å². The van der Waals surface area contributed by atoms with Gasteiger partial charge in [-0.25, -0.2) is 5.43 Å². The molecule has 0 saturated heterocycles. The van der Waals surface area contributed by atoms with Crippen LogP contribution in [0.25, 0.3) is 0 Å². The number of nitrogens with zero attached hydrogens (tertiary/aromatic N) is 1. The number of hydrogen-bond donors (Lipinski definition) is 1. The Morgan fingerprint density at radius 3 is 3.21 bits per heavy atom. The van der Waals surface area contributed by atoms with Crippen LogP contribution in [-0.4, -0.2) is 12.1 Å². The number of amides is 1. The first-order valence-electron chi connectivity index (χ1n) is 4.68. The molecule has 0 aliphatic heterocycles. The maximum Gasteiger partial charge on any atom is 0.240 e. The number of thiophene rings is 1. The molecule has 1 aromatic heterocycles. The first kappa shape index (κ1) is 10.9. The van der Waals surface area contributed by atoms with Crippen LogP contribution < -0.4 is 5.43 Å². The molecule has 1 aromatic rings. The lowest BCUT2D eigenvalue weighted by Crippen LogP contribution is -2.16. The topological polar surface area (TPSA) is 41.5 Å². The minimum absolute atomic E-state index is 0.0142. The molecule has 0 bridgehead atoms. The molecule has 1 amide bonds. The van der Waals surface area contributed by atoms with Gasteiger partial charge in [0.15, 0.2) is 0 Å². The van der Waals surface area contributed by atoms with E-state index >= 15 is 0 Å². The third kappa shape index (κ3) is 4.18. The van der Waals surface area contributed by atoms with E-state index in [1.165, 1.54) is 0 Å². The first-order valence-corrected chi connectivity index (χ1v) is 5.56. The van der Waals surface area contributed by atoms with Gasteiger partial charge in [0, 0.05) is 11.3 Å². The largest absolute Gasteiger partial charge is 0.273 e. The van der Waals surface area contributed by atoms with E-state index in [4.69, 9.17) is 0 Å². The van der Waals surface area contributed by atoms with Crippen LogP contribution in [0, 0.1) is 0 Å². The molecule has 0 aromatic carbocycles. The highest BCUT2D eigenvalue weighted by Crippen LogP contribution is 2.04. The second-order valence-electron chi connectivity index (χ2n) is 2.91. The summed E-state index contributed by atoms with van der Waals surface area (Å²) in [6.07, 6.45) is 4.16. The number of carbonyl (C=O) groups excluding carboxylic acids is 1. The van der Waals surface area contributed by atoms with Crippen molar-refractivity contribution in [2.45, 2.75) is 26.2 Å². The van der Waals surface area contributed by atoms with Crippen molar-refractivity contribution in [2.75, 3.05) is 0 Å². The average molecular weight is 210 g/mol. The van der Waals surface area contributed by atoms with Gasteiger partial charge in [0.25, 0.3) is 0 Å². The lowest BCUT2D eigenvalue weighted by Gasteiger charge is -1.96. The highest BCUT2D eigenvalue weighted by atomic mass is 32.1. The predicted octanol–water partition coefficient (Wildman–Crippen LogP) is 2.39. The van der Waals surface area contributed by atoms with E-state index in [1.807, 2.05) is 17.5 Å². The molecule has 0 spiro atoms. The molecule has 0 atom stereocenters. The number of hydrazone groups is 1. The Kier molecular flexibility index (Phi) is 4.93. The summed E-state index contributed by atoms with van der Waals surface area (Å²) in [6.45, 7) is 2.06. The number of nitrogens with one attached hydrogen (secondary N) is 1. The molecule has 0 fully saturated rings. The minimum Gasteiger partial charge on any atom is -0.273 e. The van der Waals surface area contributed by atoms with E-state index in [0.29, 0.717) is 6.42 Å². The highest BCUT2D eigenvalue weighted by molar-refractivity contribution is 7.11. The van der Waals surface area contributed by atoms with Crippen molar-refractivity contribution in [2.24, 2.45) is 5.10 Å². The van der Waals surface area contributed by atoms with Gasteiger partial charge < -0.3 is 0 Å². The molecule has 0 radical (unpaired) electrons. The number of hydrogen-bond acceptors (Lipinski definition) is 3. The molecule has 0 saturated carbocycles. The summed E-state index contributed by atoms with van der Waals surface area (Å²) < 4.78 is 0. The third-order valence-electron chi connectivity index (χ3n) is 1.68. The summed E-state index contributed by atoms with van der Waals surface area (Å²) in [7, 11) is 0. The van der Waals surface area contributed by atoms with E-state index in [2.05, 4.69) is 17.5 Å². The summed E-state index contributed by atoms with van der Waals surface area (Å²) in [4.78, 5) is 12.2. The molecule has 0 unspecified atom stereocenters. The lowest BCUT2D eigenvalue weighted by atomic mass is 10.2. The molecule has 1 N–H and O–H groups in total. The third-order valence-corrected chi connectivity index (χ3v) is 2.49. The second-order valence-corrected chi connectivity index (χ2v) is 3.89. The lowest BCUT2D eigenvalue weighted by molar-refractivity contribution is -0.121. The Labute approximate surface area is 87.8 Å².